The fourth-order valence-corrected chi connectivity index (χ4v) is 8.44. The Morgan fingerprint density at radius 2 is 1.19 bits per heavy atom. The molecule has 2 N–H and O–H groups in total. The Morgan fingerprint density at radius 1 is 0.731 bits per heavy atom. The predicted octanol–water partition coefficient (Wildman–Crippen LogP) is 8.43. The van der Waals surface area contributed by atoms with Crippen molar-refractivity contribution in [2.24, 2.45) is 5.16 Å². The molecule has 0 spiro atoms. The van der Waals surface area contributed by atoms with Crippen molar-refractivity contribution >= 4 is 34.1 Å². The van der Waals surface area contributed by atoms with Crippen molar-refractivity contribution in [3.05, 3.63) is 191 Å². The van der Waals surface area contributed by atoms with Crippen LogP contribution in [0.1, 0.15) is 52.8 Å². The van der Waals surface area contributed by atoms with E-state index in [1.807, 2.05) is 115 Å². The first-order chi connectivity index (χ1) is 25.4. The lowest BCUT2D eigenvalue weighted by Gasteiger charge is -2.42. The van der Waals surface area contributed by atoms with Crippen LogP contribution in [0.25, 0.3) is 0 Å². The van der Waals surface area contributed by atoms with Crippen LogP contribution in [0.5, 0.6) is 0 Å². The second-order valence-electron chi connectivity index (χ2n) is 12.7. The number of carbonyl (C=O) groups is 2. The van der Waals surface area contributed by atoms with Gasteiger partial charge in [-0.25, -0.2) is 14.6 Å². The van der Waals surface area contributed by atoms with Crippen LogP contribution in [0.15, 0.2) is 162 Å². The number of carbonyl (C=O) groups excluding carboxylic acids is 1. The monoisotopic (exact) mass is 707 g/mol. The first-order valence-electron chi connectivity index (χ1n) is 17.0. The van der Waals surface area contributed by atoms with Crippen LogP contribution in [-0.4, -0.2) is 40.5 Å². The van der Waals surface area contributed by atoms with Gasteiger partial charge < -0.3 is 20.0 Å². The molecule has 1 unspecified atom stereocenters. The average molecular weight is 708 g/mol. The van der Waals surface area contributed by atoms with Gasteiger partial charge in [0.25, 0.3) is 0 Å². The van der Waals surface area contributed by atoms with Gasteiger partial charge in [-0.15, -0.1) is 11.3 Å². The zero-order chi connectivity index (χ0) is 36.0. The number of nitrogens with one attached hydrogen (secondary N) is 1. The summed E-state index contributed by atoms with van der Waals surface area (Å²) in [5, 5.41) is 20.6. The zero-order valence-electron chi connectivity index (χ0n) is 28.5. The number of esters is 1. The lowest BCUT2D eigenvalue weighted by atomic mass is 9.64. The maximum Gasteiger partial charge on any atom is 0.360 e. The van der Waals surface area contributed by atoms with E-state index < -0.39 is 34.2 Å². The lowest BCUT2D eigenvalue weighted by molar-refractivity contribution is -0.176. The van der Waals surface area contributed by atoms with Crippen molar-refractivity contribution in [3.63, 3.8) is 0 Å². The summed E-state index contributed by atoms with van der Waals surface area (Å²) in [6.07, 6.45) is 1.43. The third-order valence-corrected chi connectivity index (χ3v) is 10.7. The number of carboxylic acid groups (broad SMARTS) is 1. The van der Waals surface area contributed by atoms with Crippen LogP contribution >= 0.6 is 11.3 Å². The topological polar surface area (TPSA) is 110 Å². The predicted molar refractivity (Wildman–Crippen MR) is 202 cm³/mol. The smallest absolute Gasteiger partial charge is 0.360 e. The molecule has 260 valence electrons. The van der Waals surface area contributed by atoms with Crippen LogP contribution in [0.3, 0.4) is 0 Å². The minimum Gasteiger partial charge on any atom is -0.476 e. The van der Waals surface area contributed by atoms with Crippen LogP contribution in [-0.2, 0) is 30.1 Å². The number of methoxy groups -OCH3 is 1. The summed E-state index contributed by atoms with van der Waals surface area (Å²) in [6.45, 7) is 0. The van der Waals surface area contributed by atoms with Gasteiger partial charge in [0.2, 0.25) is 11.3 Å². The van der Waals surface area contributed by atoms with E-state index >= 15 is 0 Å². The van der Waals surface area contributed by atoms with Gasteiger partial charge in [0, 0.05) is 11.8 Å². The van der Waals surface area contributed by atoms with E-state index in [2.05, 4.69) is 46.9 Å². The molecule has 8 nitrogen and oxygen atoms in total. The van der Waals surface area contributed by atoms with Crippen LogP contribution in [0.2, 0.25) is 0 Å². The maximum absolute atomic E-state index is 14.0. The number of aliphatic carboxylic acids is 1. The highest BCUT2D eigenvalue weighted by molar-refractivity contribution is 7.14. The van der Waals surface area contributed by atoms with Gasteiger partial charge in [-0.3, -0.25) is 0 Å². The van der Waals surface area contributed by atoms with Gasteiger partial charge in [0.05, 0.1) is 12.5 Å². The van der Waals surface area contributed by atoms with E-state index in [0.717, 1.165) is 27.8 Å². The number of oxime groups is 1. The first-order valence-corrected chi connectivity index (χ1v) is 17.9. The summed E-state index contributed by atoms with van der Waals surface area (Å²) in [5.74, 6) is -1.98. The Kier molecular flexibility index (Phi) is 9.69. The molecule has 0 amide bonds. The van der Waals surface area contributed by atoms with E-state index in [9.17, 15) is 14.7 Å². The minimum atomic E-state index is -1.66. The summed E-state index contributed by atoms with van der Waals surface area (Å²) in [7, 11) is 1.31. The van der Waals surface area contributed by atoms with Gasteiger partial charge in [0.15, 0.2) is 5.13 Å². The van der Waals surface area contributed by atoms with E-state index in [4.69, 9.17) is 14.6 Å². The Bertz CT molecular complexity index is 2020. The number of benzene rings is 5. The van der Waals surface area contributed by atoms with E-state index in [1.165, 1.54) is 18.4 Å². The van der Waals surface area contributed by atoms with E-state index in [0.29, 0.717) is 18.0 Å². The molecule has 1 saturated carbocycles. The normalized spacial score (nSPS) is 16.9. The molecule has 52 heavy (non-hydrogen) atoms. The SMILES string of the molecule is COC(=O)C1(ON=C(C(=O)O)c2csc(NC(c3ccccc3)(c3ccccc3)c3ccccc3)n2)CCCC1(c1ccccc1)c1ccccc1. The molecule has 0 bridgehead atoms. The molecule has 0 radical (unpaired) electrons. The van der Waals surface area contributed by atoms with Crippen molar-refractivity contribution in [3.8, 4) is 0 Å². The number of hydrogen-bond donors (Lipinski definition) is 2. The summed E-state index contributed by atoms with van der Waals surface area (Å²) in [6, 6.07) is 49.5. The van der Waals surface area contributed by atoms with Gasteiger partial charge in [-0.2, -0.15) is 0 Å². The molecular formula is C43H37N3O5S. The quantitative estimate of drug-likeness (QED) is 0.0569. The molecule has 1 aromatic heterocycles. The summed E-state index contributed by atoms with van der Waals surface area (Å²) in [5.41, 5.74) is 0.712. The number of anilines is 1. The fraction of sp³-hybridized carbons (Fsp3) is 0.163. The van der Waals surface area contributed by atoms with Crippen LogP contribution in [0, 0.1) is 0 Å². The summed E-state index contributed by atoms with van der Waals surface area (Å²) < 4.78 is 5.42. The van der Waals surface area contributed by atoms with Crippen molar-refractivity contribution < 1.29 is 24.3 Å². The molecule has 7 rings (SSSR count). The second-order valence-corrected chi connectivity index (χ2v) is 13.5. The minimum absolute atomic E-state index is 0.0890. The largest absolute Gasteiger partial charge is 0.476 e. The second kappa shape index (κ2) is 14.7. The highest BCUT2D eigenvalue weighted by Gasteiger charge is 2.65. The number of hydrogen-bond acceptors (Lipinski definition) is 8. The summed E-state index contributed by atoms with van der Waals surface area (Å²) in [4.78, 5) is 38.0. The van der Waals surface area contributed by atoms with Crippen molar-refractivity contribution in [2.75, 3.05) is 12.4 Å². The van der Waals surface area contributed by atoms with Gasteiger partial charge in [-0.1, -0.05) is 157 Å². The number of aromatic nitrogens is 1. The fourth-order valence-electron chi connectivity index (χ4n) is 7.69. The molecule has 0 saturated heterocycles. The Hall–Kier alpha value is -6.06. The molecule has 0 aliphatic heterocycles. The molecule has 1 heterocycles. The number of rotatable bonds is 12. The molecule has 6 aromatic rings. The molecule has 5 aromatic carbocycles. The van der Waals surface area contributed by atoms with E-state index in [-0.39, 0.29) is 12.1 Å². The number of thiazole rings is 1. The van der Waals surface area contributed by atoms with Crippen molar-refractivity contribution in [1.29, 1.82) is 0 Å². The summed E-state index contributed by atoms with van der Waals surface area (Å²) >= 11 is 1.25. The van der Waals surface area contributed by atoms with Crippen molar-refractivity contribution in [1.82, 2.24) is 4.98 Å². The maximum atomic E-state index is 14.0. The molecule has 1 aliphatic rings. The first kappa shape index (κ1) is 34.4. The highest BCUT2D eigenvalue weighted by atomic mass is 32.1. The molecular weight excluding hydrogens is 671 g/mol. The van der Waals surface area contributed by atoms with Gasteiger partial charge in [0.1, 0.15) is 11.2 Å². The molecule has 1 atom stereocenters. The molecule has 1 fully saturated rings. The van der Waals surface area contributed by atoms with Gasteiger partial charge >= 0.3 is 11.9 Å². The van der Waals surface area contributed by atoms with Crippen molar-refractivity contribution in [2.45, 2.75) is 35.8 Å². The lowest BCUT2D eigenvalue weighted by Crippen LogP contribution is -2.56. The Balaban J connectivity index is 1.32. The average Bonchev–Trinajstić information content (AvgIpc) is 3.84. The Labute approximate surface area is 306 Å². The Morgan fingerprint density at radius 3 is 1.63 bits per heavy atom. The third-order valence-electron chi connectivity index (χ3n) is 9.98. The molecule has 1 aliphatic carbocycles. The third kappa shape index (κ3) is 5.92. The van der Waals surface area contributed by atoms with Crippen LogP contribution < -0.4 is 5.32 Å². The number of ether oxygens (including phenoxy) is 1. The standard InChI is InChI=1S/C43H37N3O5S/c1-50-39(49)42(29-17-28-41(42,31-18-7-2-8-19-31)32-20-9-3-10-21-32)51-46-37(38(47)48)36-30-52-40(44-36)45-43(33-22-11-4-12-23-33,34-24-13-5-14-25-34)35-26-15-6-16-27-35/h2-16,18-27,30H,17,28-29H2,1H3,(H,44,45)(H,47,48). The zero-order valence-corrected chi connectivity index (χ0v) is 29.3. The number of carboxylic acids is 1. The highest BCUT2D eigenvalue weighted by Crippen LogP contribution is 2.55. The van der Waals surface area contributed by atoms with Crippen LogP contribution in [0.4, 0.5) is 5.13 Å². The number of nitrogens with zero attached hydrogens (tertiary/aromatic N) is 2. The van der Waals surface area contributed by atoms with E-state index in [1.54, 1.807) is 5.38 Å². The van der Waals surface area contributed by atoms with Gasteiger partial charge in [-0.05, 0) is 40.7 Å². The molecule has 9 heteroatoms.